The van der Waals surface area contributed by atoms with Gasteiger partial charge in [-0.15, -0.1) is 0 Å². The monoisotopic (exact) mass is 373 g/mol. The molecule has 2 amide bonds. The molecule has 26 heavy (non-hydrogen) atoms. The summed E-state index contributed by atoms with van der Waals surface area (Å²) in [6.07, 6.45) is 4.19. The molecule has 7 heteroatoms. The van der Waals surface area contributed by atoms with Crippen molar-refractivity contribution in [3.05, 3.63) is 46.3 Å². The van der Waals surface area contributed by atoms with Crippen LogP contribution >= 0.6 is 11.3 Å². The van der Waals surface area contributed by atoms with Crippen molar-refractivity contribution in [3.63, 3.8) is 0 Å². The molecule has 2 fully saturated rings. The van der Waals surface area contributed by atoms with Gasteiger partial charge in [-0.05, 0) is 52.8 Å². The SMILES string of the molecule is O=C(NCc1ccnc(OCC2CC2)c1)N1CCOC(c2ccsc2)C1. The molecular formula is C19H23N3O3S. The Hall–Kier alpha value is -2.12. The maximum Gasteiger partial charge on any atom is 0.317 e. The Morgan fingerprint density at radius 3 is 3.15 bits per heavy atom. The second-order valence-corrected chi connectivity index (χ2v) is 7.56. The maximum atomic E-state index is 12.5. The lowest BCUT2D eigenvalue weighted by Gasteiger charge is -2.32. The number of nitrogens with one attached hydrogen (secondary N) is 1. The lowest BCUT2D eigenvalue weighted by atomic mass is 10.1. The summed E-state index contributed by atoms with van der Waals surface area (Å²) in [6.45, 7) is 2.94. The van der Waals surface area contributed by atoms with Crippen LogP contribution in [0.25, 0.3) is 0 Å². The summed E-state index contributed by atoms with van der Waals surface area (Å²) in [5, 5.41) is 7.10. The van der Waals surface area contributed by atoms with Crippen LogP contribution in [0.1, 0.15) is 30.1 Å². The number of pyridine rings is 1. The molecular weight excluding hydrogens is 350 g/mol. The highest BCUT2D eigenvalue weighted by atomic mass is 32.1. The van der Waals surface area contributed by atoms with Crippen LogP contribution in [0.5, 0.6) is 5.88 Å². The lowest BCUT2D eigenvalue weighted by molar-refractivity contribution is -0.0152. The van der Waals surface area contributed by atoms with Crippen LogP contribution in [-0.4, -0.2) is 42.2 Å². The summed E-state index contributed by atoms with van der Waals surface area (Å²) in [6, 6.07) is 5.79. The van der Waals surface area contributed by atoms with Gasteiger partial charge in [-0.25, -0.2) is 9.78 Å². The molecule has 0 bridgehead atoms. The van der Waals surface area contributed by atoms with Crippen molar-refractivity contribution < 1.29 is 14.3 Å². The molecule has 1 saturated heterocycles. The minimum absolute atomic E-state index is 0.0379. The zero-order valence-electron chi connectivity index (χ0n) is 14.6. The Morgan fingerprint density at radius 1 is 1.42 bits per heavy atom. The molecule has 1 aliphatic heterocycles. The lowest BCUT2D eigenvalue weighted by Crippen LogP contribution is -2.46. The smallest absolute Gasteiger partial charge is 0.317 e. The second kappa shape index (κ2) is 8.05. The molecule has 1 atom stereocenters. The van der Waals surface area contributed by atoms with Gasteiger partial charge in [0, 0.05) is 25.4 Å². The summed E-state index contributed by atoms with van der Waals surface area (Å²) in [5.41, 5.74) is 2.13. The Bertz CT molecular complexity index is 733. The number of carbonyl (C=O) groups excluding carboxylic acids is 1. The molecule has 3 heterocycles. The summed E-state index contributed by atoms with van der Waals surface area (Å²) < 4.78 is 11.5. The number of aromatic nitrogens is 1. The fraction of sp³-hybridized carbons (Fsp3) is 0.474. The van der Waals surface area contributed by atoms with Gasteiger partial charge >= 0.3 is 6.03 Å². The molecule has 0 radical (unpaired) electrons. The van der Waals surface area contributed by atoms with Gasteiger partial charge in [-0.3, -0.25) is 0 Å². The van der Waals surface area contributed by atoms with Crippen LogP contribution in [0.4, 0.5) is 4.79 Å². The Labute approximate surface area is 157 Å². The van der Waals surface area contributed by atoms with E-state index in [4.69, 9.17) is 9.47 Å². The highest BCUT2D eigenvalue weighted by Crippen LogP contribution is 2.29. The van der Waals surface area contributed by atoms with Gasteiger partial charge in [0.25, 0.3) is 0 Å². The van der Waals surface area contributed by atoms with E-state index in [9.17, 15) is 4.79 Å². The first kappa shape index (κ1) is 17.3. The number of hydrogen-bond acceptors (Lipinski definition) is 5. The van der Waals surface area contributed by atoms with Gasteiger partial charge in [0.1, 0.15) is 6.10 Å². The Balaban J connectivity index is 1.28. The number of rotatable bonds is 6. The number of urea groups is 1. The van der Waals surface area contributed by atoms with E-state index in [1.165, 1.54) is 12.8 Å². The predicted molar refractivity (Wildman–Crippen MR) is 99.3 cm³/mol. The van der Waals surface area contributed by atoms with Gasteiger partial charge in [0.15, 0.2) is 0 Å². The zero-order valence-corrected chi connectivity index (χ0v) is 15.4. The fourth-order valence-electron chi connectivity index (χ4n) is 2.91. The average molecular weight is 373 g/mol. The fourth-order valence-corrected chi connectivity index (χ4v) is 3.61. The first-order valence-electron chi connectivity index (χ1n) is 9.02. The van der Waals surface area contributed by atoms with Crippen molar-refractivity contribution in [2.24, 2.45) is 5.92 Å². The molecule has 0 spiro atoms. The molecule has 6 nitrogen and oxygen atoms in total. The highest BCUT2D eigenvalue weighted by molar-refractivity contribution is 7.07. The van der Waals surface area contributed by atoms with E-state index in [0.29, 0.717) is 38.0 Å². The number of hydrogen-bond donors (Lipinski definition) is 1. The number of amides is 2. The first-order valence-corrected chi connectivity index (χ1v) is 9.96. The summed E-state index contributed by atoms with van der Waals surface area (Å²) in [7, 11) is 0. The average Bonchev–Trinajstić information content (AvgIpc) is 3.35. The largest absolute Gasteiger partial charge is 0.477 e. The minimum Gasteiger partial charge on any atom is -0.477 e. The Kier molecular flexibility index (Phi) is 5.36. The summed E-state index contributed by atoms with van der Waals surface area (Å²) >= 11 is 1.64. The molecule has 2 aromatic rings. The maximum absolute atomic E-state index is 12.5. The Morgan fingerprint density at radius 2 is 2.35 bits per heavy atom. The van der Waals surface area contributed by atoms with Crippen molar-refractivity contribution in [2.45, 2.75) is 25.5 Å². The van der Waals surface area contributed by atoms with Crippen LogP contribution in [0.2, 0.25) is 0 Å². The van der Waals surface area contributed by atoms with E-state index in [2.05, 4.69) is 21.7 Å². The van der Waals surface area contributed by atoms with Crippen molar-refractivity contribution in [3.8, 4) is 5.88 Å². The van der Waals surface area contributed by atoms with Gasteiger partial charge in [0.05, 0.1) is 19.8 Å². The van der Waals surface area contributed by atoms with Crippen LogP contribution in [0.15, 0.2) is 35.2 Å². The van der Waals surface area contributed by atoms with E-state index in [1.54, 1.807) is 17.5 Å². The first-order chi connectivity index (χ1) is 12.8. The van der Waals surface area contributed by atoms with Gasteiger partial charge in [-0.2, -0.15) is 11.3 Å². The zero-order chi connectivity index (χ0) is 17.8. The van der Waals surface area contributed by atoms with Crippen molar-refractivity contribution in [2.75, 3.05) is 26.3 Å². The van der Waals surface area contributed by atoms with E-state index >= 15 is 0 Å². The predicted octanol–water partition coefficient (Wildman–Crippen LogP) is 3.22. The molecule has 1 N–H and O–H groups in total. The van der Waals surface area contributed by atoms with Gasteiger partial charge < -0.3 is 19.7 Å². The molecule has 2 aliphatic rings. The molecule has 4 rings (SSSR count). The van der Waals surface area contributed by atoms with Crippen molar-refractivity contribution in [1.82, 2.24) is 15.2 Å². The number of nitrogens with zero attached hydrogens (tertiary/aromatic N) is 2. The van der Waals surface area contributed by atoms with Crippen LogP contribution in [0.3, 0.4) is 0 Å². The third kappa shape index (κ3) is 4.53. The molecule has 1 saturated carbocycles. The molecule has 138 valence electrons. The topological polar surface area (TPSA) is 63.7 Å². The number of thiophene rings is 1. The molecule has 1 unspecified atom stereocenters. The molecule has 2 aromatic heterocycles. The van der Waals surface area contributed by atoms with Crippen LogP contribution in [-0.2, 0) is 11.3 Å². The van der Waals surface area contributed by atoms with Crippen LogP contribution in [0, 0.1) is 5.92 Å². The van der Waals surface area contributed by atoms with Crippen molar-refractivity contribution in [1.29, 1.82) is 0 Å². The quantitative estimate of drug-likeness (QED) is 0.844. The minimum atomic E-state index is -0.0641. The number of ether oxygens (including phenoxy) is 2. The third-order valence-electron chi connectivity index (χ3n) is 4.68. The van der Waals surface area contributed by atoms with Crippen LogP contribution < -0.4 is 10.1 Å². The standard InChI is InChI=1S/C19H23N3O3S/c23-19(22-6-7-24-17(11-22)16-4-8-26-13-16)21-10-15-3-5-20-18(9-15)25-12-14-1-2-14/h3-5,8-9,13-14,17H,1-2,6-7,10-12H2,(H,21,23). The van der Waals surface area contributed by atoms with Gasteiger partial charge in [-0.1, -0.05) is 0 Å². The summed E-state index contributed by atoms with van der Waals surface area (Å²) in [5.74, 6) is 1.32. The van der Waals surface area contributed by atoms with E-state index in [0.717, 1.165) is 17.7 Å². The summed E-state index contributed by atoms with van der Waals surface area (Å²) in [4.78, 5) is 18.6. The number of morpholine rings is 1. The van der Waals surface area contributed by atoms with Gasteiger partial charge in [0.2, 0.25) is 5.88 Å². The van der Waals surface area contributed by atoms with Crippen molar-refractivity contribution >= 4 is 17.4 Å². The molecule has 0 aromatic carbocycles. The number of carbonyl (C=O) groups is 1. The van der Waals surface area contributed by atoms with E-state index in [-0.39, 0.29) is 12.1 Å². The third-order valence-corrected chi connectivity index (χ3v) is 5.38. The van der Waals surface area contributed by atoms with E-state index < -0.39 is 0 Å². The normalized spacial score (nSPS) is 20.0. The van der Waals surface area contributed by atoms with E-state index in [1.807, 2.05) is 22.4 Å². The highest BCUT2D eigenvalue weighted by Gasteiger charge is 2.25. The molecule has 1 aliphatic carbocycles. The second-order valence-electron chi connectivity index (χ2n) is 6.78.